The van der Waals surface area contributed by atoms with Crippen molar-refractivity contribution in [3.8, 4) is 16.3 Å². The molecule has 1 aromatic carbocycles. The number of thiazole rings is 1. The topological polar surface area (TPSA) is 68.5 Å². The molecular formula is C17H21N3O2S. The predicted molar refractivity (Wildman–Crippen MR) is 91.8 cm³/mol. The van der Waals surface area contributed by atoms with Crippen LogP contribution in [0.3, 0.4) is 0 Å². The molecule has 0 saturated carbocycles. The number of aromatic nitrogens is 1. The van der Waals surface area contributed by atoms with Crippen molar-refractivity contribution >= 4 is 17.2 Å². The van der Waals surface area contributed by atoms with Crippen molar-refractivity contribution in [3.05, 3.63) is 35.3 Å². The first-order valence-electron chi connectivity index (χ1n) is 7.84. The highest BCUT2D eigenvalue weighted by Gasteiger charge is 2.27. The smallest absolute Gasteiger partial charge is 0.273 e. The third kappa shape index (κ3) is 3.38. The molecule has 1 aliphatic heterocycles. The molecule has 1 atom stereocenters. The Hall–Kier alpha value is -1.92. The first kappa shape index (κ1) is 16.0. The molecule has 3 rings (SSSR count). The first-order valence-corrected chi connectivity index (χ1v) is 8.72. The standard InChI is InChI=1S/C17H21N3O2S/c1-22-14-7-5-12(6-8-14)16-19-15(11-23-16)17(21)20-9-3-2-4-13(20)10-18/h5-8,11,13H,2-4,9-10,18H2,1H3. The lowest BCUT2D eigenvalue weighted by atomic mass is 10.0. The fourth-order valence-corrected chi connectivity index (χ4v) is 3.70. The van der Waals surface area contributed by atoms with Crippen LogP contribution in [0.4, 0.5) is 0 Å². The second-order valence-corrected chi connectivity index (χ2v) is 6.51. The molecule has 0 radical (unpaired) electrons. The molecule has 6 heteroatoms. The summed E-state index contributed by atoms with van der Waals surface area (Å²) in [6, 6.07) is 7.84. The van der Waals surface area contributed by atoms with Gasteiger partial charge >= 0.3 is 0 Å². The Bertz CT molecular complexity index is 669. The van der Waals surface area contributed by atoms with Gasteiger partial charge < -0.3 is 15.4 Å². The highest BCUT2D eigenvalue weighted by Crippen LogP contribution is 2.27. The van der Waals surface area contributed by atoms with E-state index in [2.05, 4.69) is 4.98 Å². The normalized spacial score (nSPS) is 18.0. The first-order chi connectivity index (χ1) is 11.2. The molecular weight excluding hydrogens is 310 g/mol. The third-order valence-electron chi connectivity index (χ3n) is 4.22. The van der Waals surface area contributed by atoms with Crippen molar-refractivity contribution in [1.29, 1.82) is 0 Å². The van der Waals surface area contributed by atoms with Gasteiger partial charge in [-0.05, 0) is 43.5 Å². The molecule has 0 aliphatic carbocycles. The van der Waals surface area contributed by atoms with Crippen molar-refractivity contribution in [2.24, 2.45) is 5.73 Å². The van der Waals surface area contributed by atoms with Crippen molar-refractivity contribution in [3.63, 3.8) is 0 Å². The Kier molecular flexibility index (Phi) is 4.93. The lowest BCUT2D eigenvalue weighted by molar-refractivity contribution is 0.0618. The van der Waals surface area contributed by atoms with Gasteiger partial charge in [0.1, 0.15) is 16.5 Å². The summed E-state index contributed by atoms with van der Waals surface area (Å²) in [6.45, 7) is 1.29. The molecule has 1 amide bonds. The Morgan fingerprint density at radius 2 is 2.17 bits per heavy atom. The fraction of sp³-hybridized carbons (Fsp3) is 0.412. The number of nitrogens with zero attached hydrogens (tertiary/aromatic N) is 2. The molecule has 122 valence electrons. The van der Waals surface area contributed by atoms with Gasteiger partial charge in [-0.15, -0.1) is 11.3 Å². The lowest BCUT2D eigenvalue weighted by Gasteiger charge is -2.34. The summed E-state index contributed by atoms with van der Waals surface area (Å²) in [5, 5.41) is 2.68. The van der Waals surface area contributed by atoms with Crippen LogP contribution in [0.5, 0.6) is 5.75 Å². The molecule has 1 fully saturated rings. The second kappa shape index (κ2) is 7.10. The van der Waals surface area contributed by atoms with E-state index in [1.807, 2.05) is 34.5 Å². The summed E-state index contributed by atoms with van der Waals surface area (Å²) in [6.07, 6.45) is 3.16. The maximum atomic E-state index is 12.7. The zero-order valence-electron chi connectivity index (χ0n) is 13.2. The number of methoxy groups -OCH3 is 1. The van der Waals surface area contributed by atoms with Crippen LogP contribution in [-0.4, -0.2) is 42.0 Å². The highest BCUT2D eigenvalue weighted by atomic mass is 32.1. The van der Waals surface area contributed by atoms with E-state index in [9.17, 15) is 4.79 Å². The van der Waals surface area contributed by atoms with Crippen molar-refractivity contribution in [2.75, 3.05) is 20.2 Å². The minimum absolute atomic E-state index is 0.00355. The van der Waals surface area contributed by atoms with Crippen molar-refractivity contribution < 1.29 is 9.53 Å². The molecule has 1 unspecified atom stereocenters. The van der Waals surface area contributed by atoms with Crippen molar-refractivity contribution in [2.45, 2.75) is 25.3 Å². The second-order valence-electron chi connectivity index (χ2n) is 5.65. The van der Waals surface area contributed by atoms with Crippen LogP contribution in [0.2, 0.25) is 0 Å². The lowest BCUT2D eigenvalue weighted by Crippen LogP contribution is -2.47. The van der Waals surface area contributed by atoms with Gasteiger partial charge in [0.05, 0.1) is 7.11 Å². The fourth-order valence-electron chi connectivity index (χ4n) is 2.90. The summed E-state index contributed by atoms with van der Waals surface area (Å²) >= 11 is 1.49. The minimum Gasteiger partial charge on any atom is -0.497 e. The van der Waals surface area contributed by atoms with Gasteiger partial charge in [0.15, 0.2) is 0 Å². The molecule has 0 bridgehead atoms. The number of rotatable bonds is 4. The molecule has 5 nitrogen and oxygen atoms in total. The van der Waals surface area contributed by atoms with E-state index in [-0.39, 0.29) is 11.9 Å². The number of carbonyl (C=O) groups excluding carboxylic acids is 1. The van der Waals surface area contributed by atoms with Crippen LogP contribution in [0.15, 0.2) is 29.6 Å². The molecule has 1 aliphatic rings. The Balaban J connectivity index is 1.78. The molecule has 2 N–H and O–H groups in total. The number of nitrogens with two attached hydrogens (primary N) is 1. The number of ether oxygens (including phenoxy) is 1. The van der Waals surface area contributed by atoms with Crippen LogP contribution < -0.4 is 10.5 Å². The van der Waals surface area contributed by atoms with E-state index in [1.54, 1.807) is 7.11 Å². The summed E-state index contributed by atoms with van der Waals surface area (Å²) in [4.78, 5) is 19.1. The van der Waals surface area contributed by atoms with E-state index in [0.717, 1.165) is 42.1 Å². The summed E-state index contributed by atoms with van der Waals surface area (Å²) < 4.78 is 5.16. The van der Waals surface area contributed by atoms with E-state index >= 15 is 0 Å². The van der Waals surface area contributed by atoms with E-state index in [1.165, 1.54) is 11.3 Å². The summed E-state index contributed by atoms with van der Waals surface area (Å²) in [7, 11) is 1.64. The number of hydrogen-bond donors (Lipinski definition) is 1. The van der Waals surface area contributed by atoms with Gasteiger partial charge in [-0.3, -0.25) is 4.79 Å². The van der Waals surface area contributed by atoms with E-state index < -0.39 is 0 Å². The van der Waals surface area contributed by atoms with Gasteiger partial charge in [0.25, 0.3) is 5.91 Å². The molecule has 2 aromatic rings. The van der Waals surface area contributed by atoms with E-state index in [0.29, 0.717) is 12.2 Å². The van der Waals surface area contributed by atoms with Gasteiger partial charge in [-0.1, -0.05) is 0 Å². The molecule has 1 saturated heterocycles. The van der Waals surface area contributed by atoms with Crippen LogP contribution in [0.1, 0.15) is 29.8 Å². The van der Waals surface area contributed by atoms with Crippen LogP contribution in [0, 0.1) is 0 Å². The van der Waals surface area contributed by atoms with Gasteiger partial charge in [0, 0.05) is 30.1 Å². The van der Waals surface area contributed by atoms with Gasteiger partial charge in [-0.2, -0.15) is 0 Å². The third-order valence-corrected chi connectivity index (χ3v) is 5.11. The SMILES string of the molecule is COc1ccc(-c2nc(C(=O)N3CCCCC3CN)cs2)cc1. The highest BCUT2D eigenvalue weighted by molar-refractivity contribution is 7.13. The molecule has 2 heterocycles. The largest absolute Gasteiger partial charge is 0.497 e. The molecule has 1 aromatic heterocycles. The number of piperidine rings is 1. The number of amides is 1. The van der Waals surface area contributed by atoms with E-state index in [4.69, 9.17) is 10.5 Å². The number of carbonyl (C=O) groups is 1. The summed E-state index contributed by atoms with van der Waals surface area (Å²) in [5.41, 5.74) is 7.31. The maximum absolute atomic E-state index is 12.7. The van der Waals surface area contributed by atoms with Gasteiger partial charge in [0.2, 0.25) is 0 Å². The zero-order chi connectivity index (χ0) is 16.2. The monoisotopic (exact) mass is 331 g/mol. The molecule has 0 spiro atoms. The maximum Gasteiger partial charge on any atom is 0.273 e. The summed E-state index contributed by atoms with van der Waals surface area (Å²) in [5.74, 6) is 0.803. The number of benzene rings is 1. The van der Waals surface area contributed by atoms with Crippen LogP contribution >= 0.6 is 11.3 Å². The number of likely N-dealkylation sites (tertiary alicyclic amines) is 1. The quantitative estimate of drug-likeness (QED) is 0.935. The molecule has 23 heavy (non-hydrogen) atoms. The number of hydrogen-bond acceptors (Lipinski definition) is 5. The van der Waals surface area contributed by atoms with Gasteiger partial charge in [-0.25, -0.2) is 4.98 Å². The van der Waals surface area contributed by atoms with Crippen LogP contribution in [0.25, 0.3) is 10.6 Å². The predicted octanol–water partition coefficient (Wildman–Crippen LogP) is 2.77. The Morgan fingerprint density at radius 3 is 2.87 bits per heavy atom. The zero-order valence-corrected chi connectivity index (χ0v) is 14.0. The van der Waals surface area contributed by atoms with Crippen molar-refractivity contribution in [1.82, 2.24) is 9.88 Å². The average molecular weight is 331 g/mol. The minimum atomic E-state index is -0.00355. The Morgan fingerprint density at radius 1 is 1.39 bits per heavy atom. The Labute approximate surface area is 140 Å². The van der Waals surface area contributed by atoms with Crippen LogP contribution in [-0.2, 0) is 0 Å². The average Bonchev–Trinajstić information content (AvgIpc) is 3.11.